The van der Waals surface area contributed by atoms with Crippen LogP contribution in [-0.4, -0.2) is 41.8 Å². The Bertz CT molecular complexity index is 1040. The fraction of sp³-hybridized carbons (Fsp3) is 0.182. The van der Waals surface area contributed by atoms with Crippen molar-refractivity contribution in [2.45, 2.75) is 13.3 Å². The molecule has 0 saturated heterocycles. The molecule has 0 fully saturated rings. The van der Waals surface area contributed by atoms with Crippen molar-refractivity contribution in [2.24, 2.45) is 0 Å². The van der Waals surface area contributed by atoms with E-state index in [4.69, 9.17) is 9.47 Å². The third kappa shape index (κ3) is 8.19. The van der Waals surface area contributed by atoms with Crippen LogP contribution in [0.2, 0.25) is 0 Å². The zero-order valence-corrected chi connectivity index (χ0v) is 17.1. The number of carbonyl (C=O) groups excluding carboxylic acids is 4. The predicted molar refractivity (Wildman–Crippen MR) is 114 cm³/mol. The number of ether oxygens (including phenoxy) is 2. The Hall–Kier alpha value is -4.34. The van der Waals surface area contributed by atoms with Crippen LogP contribution in [-0.2, 0) is 23.9 Å². The Labute approximate surface area is 183 Å². The normalized spacial score (nSPS) is 10.4. The van der Waals surface area contributed by atoms with Crippen LogP contribution in [0, 0.1) is 10.1 Å². The van der Waals surface area contributed by atoms with Crippen LogP contribution in [0.3, 0.4) is 0 Å². The second kappa shape index (κ2) is 11.7. The van der Waals surface area contributed by atoms with Crippen LogP contribution in [0.4, 0.5) is 11.4 Å². The number of non-ortho nitro benzene ring substituents is 1. The standard InChI is InChI=1S/C22H20N2O8/c1-15(25)23-18-8-6-17(7-9-18)22(28)32-12-11-31-21(27)14-20(26)10-5-16-3-2-4-19(13-16)24(29)30/h2-10,13H,11-12,14H2,1H3,(H,23,25). The van der Waals surface area contributed by atoms with Gasteiger partial charge in [-0.15, -0.1) is 0 Å². The van der Waals surface area contributed by atoms with E-state index in [9.17, 15) is 29.3 Å². The van der Waals surface area contributed by atoms with E-state index in [2.05, 4.69) is 5.32 Å². The van der Waals surface area contributed by atoms with Gasteiger partial charge in [0.05, 0.1) is 10.5 Å². The van der Waals surface area contributed by atoms with Crippen LogP contribution in [0.15, 0.2) is 54.6 Å². The summed E-state index contributed by atoms with van der Waals surface area (Å²) in [5.41, 5.74) is 1.12. The predicted octanol–water partition coefficient (Wildman–Crippen LogP) is 2.93. The minimum Gasteiger partial charge on any atom is -0.462 e. The van der Waals surface area contributed by atoms with E-state index in [1.807, 2.05) is 0 Å². The SMILES string of the molecule is CC(=O)Nc1ccc(C(=O)OCCOC(=O)CC(=O)C=Cc2cccc([N+](=O)[O-])c2)cc1. The van der Waals surface area contributed by atoms with Crippen LogP contribution in [0.5, 0.6) is 0 Å². The zero-order valence-electron chi connectivity index (χ0n) is 17.1. The first-order valence-corrected chi connectivity index (χ1v) is 9.40. The Morgan fingerprint density at radius 1 is 1.03 bits per heavy atom. The molecule has 32 heavy (non-hydrogen) atoms. The Balaban J connectivity index is 1.71. The van der Waals surface area contributed by atoms with Crippen molar-refractivity contribution in [2.75, 3.05) is 18.5 Å². The molecular weight excluding hydrogens is 420 g/mol. The Kier molecular flexibility index (Phi) is 8.78. The number of amides is 1. The number of benzene rings is 2. The van der Waals surface area contributed by atoms with Crippen LogP contribution in [0.25, 0.3) is 6.08 Å². The number of nitro groups is 1. The molecule has 0 aliphatic carbocycles. The fourth-order valence-corrected chi connectivity index (χ4v) is 2.45. The number of nitrogens with zero attached hydrogens (tertiary/aromatic N) is 1. The summed E-state index contributed by atoms with van der Waals surface area (Å²) >= 11 is 0. The number of rotatable bonds is 10. The van der Waals surface area contributed by atoms with E-state index < -0.39 is 29.1 Å². The molecule has 0 unspecified atom stereocenters. The molecule has 0 aromatic heterocycles. The smallest absolute Gasteiger partial charge is 0.338 e. The summed E-state index contributed by atoms with van der Waals surface area (Å²) in [7, 11) is 0. The number of nitro benzene ring substituents is 1. The maximum absolute atomic E-state index is 11.9. The van der Waals surface area contributed by atoms with Gasteiger partial charge >= 0.3 is 11.9 Å². The highest BCUT2D eigenvalue weighted by atomic mass is 16.6. The van der Waals surface area contributed by atoms with E-state index >= 15 is 0 Å². The van der Waals surface area contributed by atoms with Gasteiger partial charge in [0.2, 0.25) is 5.91 Å². The first-order chi connectivity index (χ1) is 15.2. The minimum absolute atomic E-state index is 0.114. The molecule has 0 spiro atoms. The number of nitrogens with one attached hydrogen (secondary N) is 1. The second-order valence-corrected chi connectivity index (χ2v) is 6.44. The molecule has 0 heterocycles. The third-order valence-electron chi connectivity index (χ3n) is 3.88. The van der Waals surface area contributed by atoms with E-state index in [1.54, 1.807) is 18.2 Å². The van der Waals surface area contributed by atoms with Crippen LogP contribution in [0.1, 0.15) is 29.3 Å². The molecule has 2 rings (SSSR count). The van der Waals surface area contributed by atoms with E-state index in [1.165, 1.54) is 43.3 Å². The second-order valence-electron chi connectivity index (χ2n) is 6.44. The van der Waals surface area contributed by atoms with Crippen molar-refractivity contribution in [1.29, 1.82) is 0 Å². The zero-order chi connectivity index (χ0) is 23.5. The lowest BCUT2D eigenvalue weighted by molar-refractivity contribution is -0.384. The van der Waals surface area contributed by atoms with Crippen molar-refractivity contribution >= 4 is 41.1 Å². The van der Waals surface area contributed by atoms with Gasteiger partial charge in [-0.05, 0) is 35.9 Å². The molecule has 0 aliphatic heterocycles. The topological polar surface area (TPSA) is 142 Å². The molecule has 1 N–H and O–H groups in total. The first-order valence-electron chi connectivity index (χ1n) is 9.40. The Morgan fingerprint density at radius 2 is 1.72 bits per heavy atom. The van der Waals surface area contributed by atoms with Crippen molar-refractivity contribution in [3.63, 3.8) is 0 Å². The van der Waals surface area contributed by atoms with Crippen molar-refractivity contribution in [1.82, 2.24) is 0 Å². The van der Waals surface area contributed by atoms with E-state index in [0.717, 1.165) is 6.08 Å². The summed E-state index contributed by atoms with van der Waals surface area (Å²) in [4.78, 5) is 56.6. The average molecular weight is 440 g/mol. The minimum atomic E-state index is -0.797. The molecule has 0 bridgehead atoms. The summed E-state index contributed by atoms with van der Waals surface area (Å²) < 4.78 is 9.84. The molecule has 10 heteroatoms. The summed E-state index contributed by atoms with van der Waals surface area (Å²) in [6.45, 7) is 0.941. The van der Waals surface area contributed by atoms with Gasteiger partial charge in [0.1, 0.15) is 19.6 Å². The van der Waals surface area contributed by atoms with Gasteiger partial charge in [-0.1, -0.05) is 18.2 Å². The molecule has 0 atom stereocenters. The molecule has 166 valence electrons. The number of esters is 2. The number of hydrogen-bond donors (Lipinski definition) is 1. The number of anilines is 1. The largest absolute Gasteiger partial charge is 0.462 e. The average Bonchev–Trinajstić information content (AvgIpc) is 2.75. The maximum atomic E-state index is 11.9. The van der Waals surface area contributed by atoms with E-state index in [0.29, 0.717) is 11.3 Å². The van der Waals surface area contributed by atoms with Crippen molar-refractivity contribution in [3.05, 3.63) is 75.8 Å². The summed E-state index contributed by atoms with van der Waals surface area (Å²) in [6.07, 6.45) is 1.97. The monoisotopic (exact) mass is 440 g/mol. The molecule has 1 amide bonds. The van der Waals surface area contributed by atoms with Gasteiger partial charge in [-0.3, -0.25) is 24.5 Å². The van der Waals surface area contributed by atoms with Gasteiger partial charge in [-0.25, -0.2) is 4.79 Å². The highest BCUT2D eigenvalue weighted by molar-refractivity contribution is 6.04. The summed E-state index contributed by atoms with van der Waals surface area (Å²) in [6, 6.07) is 11.7. The molecule has 2 aromatic carbocycles. The highest BCUT2D eigenvalue weighted by Gasteiger charge is 2.11. The summed E-state index contributed by atoms with van der Waals surface area (Å²) in [5, 5.41) is 13.3. The van der Waals surface area contributed by atoms with Gasteiger partial charge < -0.3 is 14.8 Å². The van der Waals surface area contributed by atoms with E-state index in [-0.39, 0.29) is 30.4 Å². The lowest BCUT2D eigenvalue weighted by atomic mass is 10.1. The van der Waals surface area contributed by atoms with Crippen molar-refractivity contribution in [3.8, 4) is 0 Å². The van der Waals surface area contributed by atoms with Crippen LogP contribution >= 0.6 is 0 Å². The molecular formula is C22H20N2O8. The van der Waals surface area contributed by atoms with Gasteiger partial charge in [0, 0.05) is 24.7 Å². The lowest BCUT2D eigenvalue weighted by Crippen LogP contribution is -2.15. The third-order valence-corrected chi connectivity index (χ3v) is 3.88. The van der Waals surface area contributed by atoms with Crippen LogP contribution < -0.4 is 5.32 Å². The van der Waals surface area contributed by atoms with Crippen molar-refractivity contribution < 1.29 is 33.6 Å². The quantitative estimate of drug-likeness (QED) is 0.148. The maximum Gasteiger partial charge on any atom is 0.338 e. The first kappa shape index (κ1) is 23.9. The lowest BCUT2D eigenvalue weighted by Gasteiger charge is -2.07. The van der Waals surface area contributed by atoms with Gasteiger partial charge in [0.25, 0.3) is 5.69 Å². The molecule has 0 radical (unpaired) electrons. The number of ketones is 1. The highest BCUT2D eigenvalue weighted by Crippen LogP contribution is 2.14. The molecule has 0 saturated carbocycles. The number of allylic oxidation sites excluding steroid dienone is 1. The number of hydrogen-bond acceptors (Lipinski definition) is 8. The number of carbonyl (C=O) groups is 4. The fourth-order valence-electron chi connectivity index (χ4n) is 2.45. The van der Waals surface area contributed by atoms with Gasteiger partial charge in [-0.2, -0.15) is 0 Å². The molecule has 10 nitrogen and oxygen atoms in total. The van der Waals surface area contributed by atoms with Gasteiger partial charge in [0.15, 0.2) is 5.78 Å². The summed E-state index contributed by atoms with van der Waals surface area (Å²) in [5.74, 6) is -2.21. The Morgan fingerprint density at radius 3 is 2.38 bits per heavy atom. The molecule has 0 aliphatic rings. The molecule has 2 aromatic rings.